The fraction of sp³-hybridized carbons (Fsp3) is 0. The van der Waals surface area contributed by atoms with E-state index in [0.29, 0.717) is 22.2 Å². The van der Waals surface area contributed by atoms with Crippen LogP contribution in [0.1, 0.15) is 5.56 Å². The fourth-order valence-corrected chi connectivity index (χ4v) is 3.55. The Morgan fingerprint density at radius 1 is 1.07 bits per heavy atom. The Balaban J connectivity index is 1.55. The number of nitrogen functional groups attached to an aromatic ring is 1. The van der Waals surface area contributed by atoms with Crippen LogP contribution in [0.3, 0.4) is 0 Å². The van der Waals surface area contributed by atoms with Crippen LogP contribution in [0, 0.1) is 11.3 Å². The molecule has 1 aromatic heterocycles. The molecule has 0 saturated heterocycles. The standard InChI is InChI=1S/C19H13ClN6S/c20-17-10-15(7-5-14(17)11-21)23-19-24-18(22)26(25-19)27-16-8-6-12-3-1-2-4-13(12)9-16/h1-10H,(H3,22,23,24,25). The minimum Gasteiger partial charge on any atom is -0.367 e. The largest absolute Gasteiger partial charge is 0.367 e. The van der Waals surface area contributed by atoms with E-state index in [9.17, 15) is 0 Å². The maximum Gasteiger partial charge on any atom is 0.249 e. The first-order valence-electron chi connectivity index (χ1n) is 7.99. The summed E-state index contributed by atoms with van der Waals surface area (Å²) in [5, 5.41) is 19.0. The lowest BCUT2D eigenvalue weighted by Gasteiger charge is -2.04. The number of benzene rings is 3. The van der Waals surface area contributed by atoms with Crippen LogP contribution in [0.15, 0.2) is 65.6 Å². The minimum atomic E-state index is 0.274. The third-order valence-corrected chi connectivity index (χ3v) is 5.08. The zero-order valence-corrected chi connectivity index (χ0v) is 15.5. The topological polar surface area (TPSA) is 92.5 Å². The van der Waals surface area contributed by atoms with Crippen molar-refractivity contribution in [1.29, 1.82) is 5.26 Å². The molecule has 0 fully saturated rings. The van der Waals surface area contributed by atoms with Gasteiger partial charge in [0.15, 0.2) is 0 Å². The quantitative estimate of drug-likeness (QED) is 0.516. The number of fused-ring (bicyclic) bond motifs is 1. The zero-order valence-electron chi connectivity index (χ0n) is 13.9. The van der Waals surface area contributed by atoms with Crippen LogP contribution in [-0.4, -0.2) is 14.2 Å². The lowest BCUT2D eigenvalue weighted by Crippen LogP contribution is -1.97. The molecule has 0 spiro atoms. The molecule has 0 atom stereocenters. The van der Waals surface area contributed by atoms with E-state index in [2.05, 4.69) is 39.7 Å². The second-order valence-electron chi connectivity index (χ2n) is 5.70. The predicted octanol–water partition coefficient (Wildman–Crippen LogP) is 4.84. The molecule has 4 rings (SSSR count). The van der Waals surface area contributed by atoms with Crippen molar-refractivity contribution >= 4 is 51.9 Å². The third-order valence-electron chi connectivity index (χ3n) is 3.86. The highest BCUT2D eigenvalue weighted by Crippen LogP contribution is 2.28. The molecular formula is C19H13ClN6S. The van der Waals surface area contributed by atoms with Gasteiger partial charge in [-0.15, -0.1) is 5.10 Å². The molecule has 0 aliphatic carbocycles. The number of nitriles is 1. The molecule has 0 radical (unpaired) electrons. The van der Waals surface area contributed by atoms with Crippen LogP contribution >= 0.6 is 23.5 Å². The number of rotatable bonds is 4. The summed E-state index contributed by atoms with van der Waals surface area (Å²) in [6, 6.07) is 21.3. The zero-order chi connectivity index (χ0) is 18.8. The first-order valence-corrected chi connectivity index (χ1v) is 9.14. The lowest BCUT2D eigenvalue weighted by atomic mass is 10.1. The van der Waals surface area contributed by atoms with Crippen LogP contribution < -0.4 is 11.1 Å². The summed E-state index contributed by atoms with van der Waals surface area (Å²) in [4.78, 5) is 5.22. The fourth-order valence-electron chi connectivity index (χ4n) is 2.57. The van der Waals surface area contributed by atoms with Crippen molar-refractivity contribution in [3.05, 3.63) is 71.2 Å². The molecule has 0 aliphatic rings. The van der Waals surface area contributed by atoms with Gasteiger partial charge in [0.25, 0.3) is 0 Å². The summed E-state index contributed by atoms with van der Waals surface area (Å²) in [6.45, 7) is 0. The molecule has 0 unspecified atom stereocenters. The number of nitrogens with two attached hydrogens (primary N) is 1. The Hall–Kier alpha value is -3.21. The average Bonchev–Trinajstić information content (AvgIpc) is 3.00. The predicted molar refractivity (Wildman–Crippen MR) is 109 cm³/mol. The van der Waals surface area contributed by atoms with Crippen molar-refractivity contribution in [2.75, 3.05) is 11.1 Å². The highest BCUT2D eigenvalue weighted by Gasteiger charge is 2.10. The van der Waals surface area contributed by atoms with Gasteiger partial charge in [-0.05, 0) is 41.1 Å². The third kappa shape index (κ3) is 3.67. The molecule has 6 nitrogen and oxygen atoms in total. The van der Waals surface area contributed by atoms with Crippen molar-refractivity contribution in [3.8, 4) is 6.07 Å². The van der Waals surface area contributed by atoms with Gasteiger partial charge in [-0.25, -0.2) is 0 Å². The van der Waals surface area contributed by atoms with E-state index >= 15 is 0 Å². The van der Waals surface area contributed by atoms with Gasteiger partial charge in [-0.1, -0.05) is 41.9 Å². The number of anilines is 3. The van der Waals surface area contributed by atoms with Crippen LogP contribution in [0.25, 0.3) is 10.8 Å². The minimum absolute atomic E-state index is 0.274. The van der Waals surface area contributed by atoms with Gasteiger partial charge in [-0.2, -0.15) is 14.3 Å². The van der Waals surface area contributed by atoms with Gasteiger partial charge < -0.3 is 11.1 Å². The molecule has 4 aromatic rings. The van der Waals surface area contributed by atoms with Crippen molar-refractivity contribution in [3.63, 3.8) is 0 Å². The van der Waals surface area contributed by atoms with Crippen molar-refractivity contribution < 1.29 is 0 Å². The van der Waals surface area contributed by atoms with Gasteiger partial charge >= 0.3 is 0 Å². The Bertz CT molecular complexity index is 1180. The monoisotopic (exact) mass is 392 g/mol. The first-order chi connectivity index (χ1) is 13.1. The highest BCUT2D eigenvalue weighted by molar-refractivity contribution is 7.97. The van der Waals surface area contributed by atoms with Crippen molar-refractivity contribution in [2.45, 2.75) is 4.90 Å². The van der Waals surface area contributed by atoms with E-state index in [4.69, 9.17) is 22.6 Å². The Morgan fingerprint density at radius 3 is 2.67 bits per heavy atom. The Morgan fingerprint density at radius 2 is 1.89 bits per heavy atom. The van der Waals surface area contributed by atoms with Crippen LogP contribution in [0.4, 0.5) is 17.6 Å². The summed E-state index contributed by atoms with van der Waals surface area (Å²) in [6.07, 6.45) is 0. The molecule has 0 bridgehead atoms. The molecule has 0 aliphatic heterocycles. The smallest absolute Gasteiger partial charge is 0.249 e. The molecule has 3 N–H and O–H groups in total. The Labute approximate surface area is 164 Å². The van der Waals surface area contributed by atoms with Gasteiger partial charge in [-0.3, -0.25) is 0 Å². The molecule has 132 valence electrons. The van der Waals surface area contributed by atoms with E-state index in [-0.39, 0.29) is 5.95 Å². The molecule has 0 amide bonds. The van der Waals surface area contributed by atoms with E-state index in [1.165, 1.54) is 17.3 Å². The summed E-state index contributed by atoms with van der Waals surface area (Å²) in [5.74, 6) is 0.622. The Kier molecular flexibility index (Phi) is 4.59. The SMILES string of the molecule is N#Cc1ccc(Nc2nc(N)n(Sc3ccc4ccccc4c3)n2)cc1Cl. The maximum atomic E-state index is 8.94. The number of hydrogen-bond acceptors (Lipinski definition) is 6. The van der Waals surface area contributed by atoms with E-state index in [0.717, 1.165) is 10.3 Å². The number of halogens is 1. The van der Waals surface area contributed by atoms with E-state index in [1.54, 1.807) is 22.3 Å². The number of aromatic nitrogens is 3. The summed E-state index contributed by atoms with van der Waals surface area (Å²) < 4.78 is 1.55. The van der Waals surface area contributed by atoms with Gasteiger partial charge in [0.2, 0.25) is 11.9 Å². The van der Waals surface area contributed by atoms with Crippen LogP contribution in [0.2, 0.25) is 5.02 Å². The van der Waals surface area contributed by atoms with Gasteiger partial charge in [0, 0.05) is 22.5 Å². The van der Waals surface area contributed by atoms with Crippen molar-refractivity contribution in [1.82, 2.24) is 14.2 Å². The normalized spacial score (nSPS) is 10.7. The van der Waals surface area contributed by atoms with E-state index < -0.39 is 0 Å². The van der Waals surface area contributed by atoms with Gasteiger partial charge in [0.1, 0.15) is 6.07 Å². The average molecular weight is 393 g/mol. The maximum absolute atomic E-state index is 8.94. The summed E-state index contributed by atoms with van der Waals surface area (Å²) >= 11 is 7.43. The van der Waals surface area contributed by atoms with Crippen molar-refractivity contribution in [2.24, 2.45) is 0 Å². The lowest BCUT2D eigenvalue weighted by molar-refractivity contribution is 1.02. The number of hydrogen-bond donors (Lipinski definition) is 2. The number of nitrogens with one attached hydrogen (secondary N) is 1. The molecule has 8 heteroatoms. The number of nitrogens with zero attached hydrogens (tertiary/aromatic N) is 4. The second-order valence-corrected chi connectivity index (χ2v) is 7.11. The molecule has 27 heavy (non-hydrogen) atoms. The molecule has 0 saturated carbocycles. The molecule has 1 heterocycles. The van der Waals surface area contributed by atoms with Crippen LogP contribution in [0.5, 0.6) is 0 Å². The molecular weight excluding hydrogens is 380 g/mol. The van der Waals surface area contributed by atoms with E-state index in [1.807, 2.05) is 24.3 Å². The highest BCUT2D eigenvalue weighted by atomic mass is 35.5. The van der Waals surface area contributed by atoms with Gasteiger partial charge in [0.05, 0.1) is 10.6 Å². The van der Waals surface area contributed by atoms with Crippen LogP contribution in [-0.2, 0) is 0 Å². The molecule has 3 aromatic carbocycles. The second kappa shape index (κ2) is 7.19. The summed E-state index contributed by atoms with van der Waals surface area (Å²) in [7, 11) is 0. The first kappa shape index (κ1) is 17.2. The summed E-state index contributed by atoms with van der Waals surface area (Å²) in [5.41, 5.74) is 7.07.